The van der Waals surface area contributed by atoms with E-state index in [-0.39, 0.29) is 6.61 Å². The molecule has 1 aromatic rings. The van der Waals surface area contributed by atoms with Crippen molar-refractivity contribution in [3.8, 4) is 0 Å². The number of aliphatic hydroxyl groups is 1. The van der Waals surface area contributed by atoms with E-state index in [1.165, 1.54) is 30.4 Å². The zero-order valence-electron chi connectivity index (χ0n) is 8.29. The zero-order chi connectivity index (χ0) is 9.52. The van der Waals surface area contributed by atoms with E-state index in [1.54, 1.807) is 0 Å². The monoisotopic (exact) mass is 178 g/mol. The summed E-state index contributed by atoms with van der Waals surface area (Å²) in [7, 11) is 0. The predicted molar refractivity (Wildman–Crippen MR) is 55.8 cm³/mol. The molecule has 0 fully saturated rings. The molecule has 72 valence electrons. The van der Waals surface area contributed by atoms with Gasteiger partial charge in [-0.15, -0.1) is 0 Å². The Bertz CT molecular complexity index is 225. The second-order valence-electron chi connectivity index (χ2n) is 3.39. The number of benzene rings is 1. The quantitative estimate of drug-likeness (QED) is 0.734. The van der Waals surface area contributed by atoms with Gasteiger partial charge in [-0.05, 0) is 30.4 Å². The normalized spacial score (nSPS) is 10.3. The van der Waals surface area contributed by atoms with Crippen molar-refractivity contribution in [3.63, 3.8) is 0 Å². The number of rotatable bonds is 5. The van der Waals surface area contributed by atoms with Gasteiger partial charge in [-0.3, -0.25) is 0 Å². The van der Waals surface area contributed by atoms with E-state index in [0.29, 0.717) is 0 Å². The lowest BCUT2D eigenvalue weighted by Gasteiger charge is -2.01. The minimum atomic E-state index is 0.244. The van der Waals surface area contributed by atoms with Gasteiger partial charge in [0.15, 0.2) is 0 Å². The smallest absolute Gasteiger partial charge is 0.0471 e. The minimum Gasteiger partial charge on any atom is -0.396 e. The molecule has 0 aliphatic carbocycles. The van der Waals surface area contributed by atoms with E-state index in [4.69, 9.17) is 5.11 Å². The average molecular weight is 178 g/mol. The number of hydrogen-bond acceptors (Lipinski definition) is 1. The van der Waals surface area contributed by atoms with E-state index < -0.39 is 0 Å². The van der Waals surface area contributed by atoms with E-state index in [2.05, 4.69) is 31.2 Å². The lowest BCUT2D eigenvalue weighted by Crippen LogP contribution is -1.91. The molecule has 0 aliphatic heterocycles. The fourth-order valence-corrected chi connectivity index (χ4v) is 1.38. The molecule has 0 saturated carbocycles. The predicted octanol–water partition coefficient (Wildman–Crippen LogP) is 2.56. The summed E-state index contributed by atoms with van der Waals surface area (Å²) in [5.74, 6) is 0. The van der Waals surface area contributed by atoms with Crippen LogP contribution in [0.25, 0.3) is 0 Å². The summed E-state index contributed by atoms with van der Waals surface area (Å²) in [6.45, 7) is 2.45. The highest BCUT2D eigenvalue weighted by molar-refractivity contribution is 5.22. The minimum absolute atomic E-state index is 0.244. The van der Waals surface area contributed by atoms with Gasteiger partial charge in [0, 0.05) is 6.61 Å². The van der Waals surface area contributed by atoms with Gasteiger partial charge >= 0.3 is 0 Å². The molecule has 0 saturated heterocycles. The van der Waals surface area contributed by atoms with Crippen LogP contribution in [0.15, 0.2) is 24.3 Å². The Labute approximate surface area is 80.4 Å². The van der Waals surface area contributed by atoms with Gasteiger partial charge in [0.05, 0.1) is 0 Å². The average Bonchev–Trinajstić information content (AvgIpc) is 2.17. The fourth-order valence-electron chi connectivity index (χ4n) is 1.38. The molecule has 1 heteroatoms. The van der Waals surface area contributed by atoms with Gasteiger partial charge in [-0.1, -0.05) is 37.6 Å². The van der Waals surface area contributed by atoms with Gasteiger partial charge in [0.2, 0.25) is 0 Å². The number of aliphatic hydroxyl groups excluding tert-OH is 1. The van der Waals surface area contributed by atoms with Crippen molar-refractivity contribution in [1.29, 1.82) is 0 Å². The topological polar surface area (TPSA) is 20.2 Å². The maximum atomic E-state index is 8.73. The molecule has 0 spiro atoms. The molecule has 1 rings (SSSR count). The fraction of sp³-hybridized carbons (Fsp3) is 0.500. The molecule has 0 heterocycles. The van der Waals surface area contributed by atoms with Gasteiger partial charge in [-0.2, -0.15) is 0 Å². The number of hydrogen-bond donors (Lipinski definition) is 1. The molecule has 0 amide bonds. The summed E-state index contributed by atoms with van der Waals surface area (Å²) < 4.78 is 0. The van der Waals surface area contributed by atoms with Gasteiger partial charge < -0.3 is 5.11 Å². The van der Waals surface area contributed by atoms with Crippen molar-refractivity contribution in [3.05, 3.63) is 35.4 Å². The van der Waals surface area contributed by atoms with Crippen LogP contribution in [0.5, 0.6) is 0 Å². The molecule has 1 aromatic carbocycles. The van der Waals surface area contributed by atoms with Crippen LogP contribution in [-0.2, 0) is 12.8 Å². The molecule has 0 aromatic heterocycles. The van der Waals surface area contributed by atoms with Crippen LogP contribution < -0.4 is 0 Å². The second-order valence-corrected chi connectivity index (χ2v) is 3.39. The summed E-state index contributed by atoms with van der Waals surface area (Å²) in [5, 5.41) is 8.73. The third kappa shape index (κ3) is 3.60. The Balaban J connectivity index is 2.48. The largest absolute Gasteiger partial charge is 0.396 e. The van der Waals surface area contributed by atoms with Crippen molar-refractivity contribution in [2.75, 3.05) is 6.61 Å². The Morgan fingerprint density at radius 2 is 1.54 bits per heavy atom. The Hall–Kier alpha value is -0.820. The van der Waals surface area contributed by atoms with E-state index in [1.807, 2.05) is 0 Å². The van der Waals surface area contributed by atoms with E-state index in [0.717, 1.165) is 6.42 Å². The van der Waals surface area contributed by atoms with Gasteiger partial charge in [0.1, 0.15) is 0 Å². The molecule has 1 N–H and O–H groups in total. The first-order chi connectivity index (χ1) is 6.36. The van der Waals surface area contributed by atoms with Crippen molar-refractivity contribution in [1.82, 2.24) is 0 Å². The van der Waals surface area contributed by atoms with Crippen molar-refractivity contribution >= 4 is 0 Å². The Morgan fingerprint density at radius 3 is 2.00 bits per heavy atom. The molecule has 13 heavy (non-hydrogen) atoms. The summed E-state index contributed by atoms with van der Waals surface area (Å²) in [4.78, 5) is 0. The molecule has 1 nitrogen and oxygen atoms in total. The Morgan fingerprint density at radius 1 is 1.00 bits per heavy atom. The van der Waals surface area contributed by atoms with Crippen molar-refractivity contribution < 1.29 is 5.11 Å². The maximum absolute atomic E-state index is 8.73. The van der Waals surface area contributed by atoms with Gasteiger partial charge in [0.25, 0.3) is 0 Å². The number of aryl methyl sites for hydroxylation is 1. The van der Waals surface area contributed by atoms with E-state index in [9.17, 15) is 0 Å². The van der Waals surface area contributed by atoms with Crippen LogP contribution >= 0.6 is 0 Å². The van der Waals surface area contributed by atoms with Crippen molar-refractivity contribution in [2.24, 2.45) is 0 Å². The molecular formula is C12H18O. The van der Waals surface area contributed by atoms with Crippen LogP contribution in [0.1, 0.15) is 30.9 Å². The highest BCUT2D eigenvalue weighted by Gasteiger charge is 1.93. The summed E-state index contributed by atoms with van der Waals surface area (Å²) in [6, 6.07) is 8.56. The summed E-state index contributed by atoms with van der Waals surface area (Å²) in [6.07, 6.45) is 4.46. The lowest BCUT2D eigenvalue weighted by atomic mass is 10.1. The third-order valence-corrected chi connectivity index (χ3v) is 2.24. The number of unbranched alkanes of at least 4 members (excludes halogenated alkanes) is 1. The summed E-state index contributed by atoms with van der Waals surface area (Å²) >= 11 is 0. The second kappa shape index (κ2) is 5.76. The van der Waals surface area contributed by atoms with Crippen LogP contribution in [0.4, 0.5) is 0 Å². The van der Waals surface area contributed by atoms with Crippen molar-refractivity contribution in [2.45, 2.75) is 32.6 Å². The lowest BCUT2D eigenvalue weighted by molar-refractivity contribution is 0.299. The Kier molecular flexibility index (Phi) is 4.55. The van der Waals surface area contributed by atoms with Crippen LogP contribution in [0, 0.1) is 0 Å². The molecular weight excluding hydrogens is 160 g/mol. The van der Waals surface area contributed by atoms with E-state index >= 15 is 0 Å². The first-order valence-corrected chi connectivity index (χ1v) is 5.05. The summed E-state index contributed by atoms with van der Waals surface area (Å²) in [5.41, 5.74) is 2.63. The zero-order valence-corrected chi connectivity index (χ0v) is 8.29. The molecule has 0 unspecified atom stereocenters. The SMILES string of the molecule is CCCCc1ccc(CCO)cc1. The maximum Gasteiger partial charge on any atom is 0.0471 e. The van der Waals surface area contributed by atoms with Gasteiger partial charge in [-0.25, -0.2) is 0 Å². The third-order valence-electron chi connectivity index (χ3n) is 2.24. The van der Waals surface area contributed by atoms with Crippen LogP contribution in [-0.4, -0.2) is 11.7 Å². The highest BCUT2D eigenvalue weighted by Crippen LogP contribution is 2.07. The molecule has 0 bridgehead atoms. The first kappa shape index (κ1) is 10.3. The van der Waals surface area contributed by atoms with Crippen LogP contribution in [0.3, 0.4) is 0 Å². The highest BCUT2D eigenvalue weighted by atomic mass is 16.2. The standard InChI is InChI=1S/C12H18O/c1-2-3-4-11-5-7-12(8-6-11)9-10-13/h5-8,13H,2-4,9-10H2,1H3. The molecule has 0 aliphatic rings. The van der Waals surface area contributed by atoms with Crippen LogP contribution in [0.2, 0.25) is 0 Å². The first-order valence-electron chi connectivity index (χ1n) is 5.05. The molecule has 0 radical (unpaired) electrons. The molecule has 0 atom stereocenters.